The second-order valence-corrected chi connectivity index (χ2v) is 9.30. The molecule has 2 aliphatic rings. The van der Waals surface area contributed by atoms with Crippen LogP contribution in [0.2, 0.25) is 0 Å². The van der Waals surface area contributed by atoms with Crippen molar-refractivity contribution in [1.29, 1.82) is 5.26 Å². The fourth-order valence-electron chi connectivity index (χ4n) is 4.20. The average Bonchev–Trinajstić information content (AvgIpc) is 3.59. The molecule has 36 heavy (non-hydrogen) atoms. The van der Waals surface area contributed by atoms with E-state index in [9.17, 15) is 19.6 Å². The third-order valence-electron chi connectivity index (χ3n) is 6.54. The lowest BCUT2D eigenvalue weighted by Crippen LogP contribution is -2.42. The molecule has 0 spiro atoms. The number of anilines is 3. The van der Waals surface area contributed by atoms with Crippen molar-refractivity contribution >= 4 is 35.5 Å². The summed E-state index contributed by atoms with van der Waals surface area (Å²) in [5.74, 6) is 0.573. The summed E-state index contributed by atoms with van der Waals surface area (Å²) < 4.78 is 0. The highest BCUT2D eigenvalue weighted by Gasteiger charge is 2.30. The molecule has 4 rings (SSSR count). The van der Waals surface area contributed by atoms with Gasteiger partial charge in [0.15, 0.2) is 6.29 Å². The van der Waals surface area contributed by atoms with Crippen LogP contribution in [0.5, 0.6) is 0 Å². The van der Waals surface area contributed by atoms with Crippen LogP contribution in [0.15, 0.2) is 24.4 Å². The molecule has 1 unspecified atom stereocenters. The predicted octanol–water partition coefficient (Wildman–Crippen LogP) is 2.46. The molecule has 188 valence electrons. The molecule has 1 aliphatic carbocycles. The Balaban J connectivity index is 1.43. The van der Waals surface area contributed by atoms with Gasteiger partial charge >= 0.3 is 6.03 Å². The normalized spacial score (nSPS) is 17.2. The van der Waals surface area contributed by atoms with Gasteiger partial charge in [-0.05, 0) is 45.3 Å². The van der Waals surface area contributed by atoms with E-state index < -0.39 is 6.03 Å². The Morgan fingerprint density at radius 1 is 1.28 bits per heavy atom. The largest absolute Gasteiger partial charge is 0.381 e. The lowest BCUT2D eigenvalue weighted by atomic mass is 10.1. The fraction of sp³-hybridized carbons (Fsp3) is 0.440. The second kappa shape index (κ2) is 10.7. The van der Waals surface area contributed by atoms with Gasteiger partial charge in [0.1, 0.15) is 23.4 Å². The summed E-state index contributed by atoms with van der Waals surface area (Å²) in [5.41, 5.74) is 1.80. The van der Waals surface area contributed by atoms with Crippen molar-refractivity contribution in [1.82, 2.24) is 19.8 Å². The number of hydrogen-bond donors (Lipinski definition) is 2. The van der Waals surface area contributed by atoms with E-state index in [2.05, 4.69) is 26.7 Å². The first-order valence-electron chi connectivity index (χ1n) is 11.9. The quantitative estimate of drug-likeness (QED) is 0.539. The Kier molecular flexibility index (Phi) is 7.45. The number of aldehydes is 1. The van der Waals surface area contributed by atoms with E-state index in [1.165, 1.54) is 18.1 Å². The van der Waals surface area contributed by atoms with Gasteiger partial charge in [-0.15, -0.1) is 0 Å². The molecule has 2 fully saturated rings. The number of pyridine rings is 2. The standard InChI is InChI=1S/C25H30N8O3/c1-31-10-4-5-21(31)24(35)32(2)14-16-6-9-23(29-20(16)15-34)33(3)25(36)30-22-11-19(28-18-7-8-18)17(12-26)13-27-22/h6,9,11,13,15,18,21H,4-5,7-8,10,14H2,1-3H3,(H2,27,28,30,36). The molecule has 11 heteroatoms. The molecule has 1 saturated carbocycles. The second-order valence-electron chi connectivity index (χ2n) is 9.30. The minimum absolute atomic E-state index is 0.0119. The number of nitrogens with zero attached hydrogens (tertiary/aromatic N) is 6. The van der Waals surface area contributed by atoms with Gasteiger partial charge in [0.2, 0.25) is 5.91 Å². The Morgan fingerprint density at radius 3 is 2.69 bits per heavy atom. The summed E-state index contributed by atoms with van der Waals surface area (Å²) in [5, 5.41) is 15.3. The first-order chi connectivity index (χ1) is 17.3. The van der Waals surface area contributed by atoms with Crippen LogP contribution in [0.25, 0.3) is 0 Å². The number of likely N-dealkylation sites (N-methyl/N-ethyl adjacent to an activating group) is 2. The van der Waals surface area contributed by atoms with Crippen LogP contribution in [0.4, 0.5) is 22.1 Å². The van der Waals surface area contributed by atoms with Crippen molar-refractivity contribution < 1.29 is 14.4 Å². The van der Waals surface area contributed by atoms with Gasteiger partial charge in [-0.2, -0.15) is 5.26 Å². The van der Waals surface area contributed by atoms with E-state index in [1.54, 1.807) is 30.1 Å². The Labute approximate surface area is 210 Å². The zero-order valence-corrected chi connectivity index (χ0v) is 20.7. The summed E-state index contributed by atoms with van der Waals surface area (Å²) in [6.45, 7) is 1.14. The number of carbonyl (C=O) groups excluding carboxylic acids is 3. The van der Waals surface area contributed by atoms with Crippen molar-refractivity contribution in [2.24, 2.45) is 0 Å². The summed E-state index contributed by atoms with van der Waals surface area (Å²) >= 11 is 0. The average molecular weight is 491 g/mol. The van der Waals surface area contributed by atoms with Crippen molar-refractivity contribution in [3.63, 3.8) is 0 Å². The molecule has 0 bridgehead atoms. The van der Waals surface area contributed by atoms with Gasteiger partial charge in [0.25, 0.3) is 0 Å². The molecule has 3 amide bonds. The number of aromatic nitrogens is 2. The van der Waals surface area contributed by atoms with Gasteiger partial charge in [-0.1, -0.05) is 6.07 Å². The minimum atomic E-state index is -0.502. The summed E-state index contributed by atoms with van der Waals surface area (Å²) in [4.78, 5) is 50.9. The van der Waals surface area contributed by atoms with Crippen LogP contribution in [0, 0.1) is 11.3 Å². The van der Waals surface area contributed by atoms with Crippen molar-refractivity contribution in [2.75, 3.05) is 43.2 Å². The van der Waals surface area contributed by atoms with Gasteiger partial charge < -0.3 is 10.2 Å². The van der Waals surface area contributed by atoms with Crippen molar-refractivity contribution in [3.8, 4) is 6.07 Å². The maximum absolute atomic E-state index is 12.8. The molecule has 2 N–H and O–H groups in total. The van der Waals surface area contributed by atoms with E-state index in [4.69, 9.17) is 0 Å². The van der Waals surface area contributed by atoms with E-state index in [0.717, 1.165) is 32.2 Å². The first-order valence-corrected chi connectivity index (χ1v) is 11.9. The third-order valence-corrected chi connectivity index (χ3v) is 6.54. The number of urea groups is 1. The number of amides is 3. The molecule has 1 atom stereocenters. The van der Waals surface area contributed by atoms with Crippen LogP contribution in [0.3, 0.4) is 0 Å². The predicted molar refractivity (Wildman–Crippen MR) is 135 cm³/mol. The zero-order chi connectivity index (χ0) is 25.8. The minimum Gasteiger partial charge on any atom is -0.381 e. The molecule has 0 radical (unpaired) electrons. The Morgan fingerprint density at radius 2 is 2.06 bits per heavy atom. The summed E-state index contributed by atoms with van der Waals surface area (Å²) in [6, 6.07) is 6.75. The highest BCUT2D eigenvalue weighted by Crippen LogP contribution is 2.28. The maximum atomic E-state index is 12.8. The Bertz CT molecular complexity index is 1210. The highest BCUT2D eigenvalue weighted by atomic mass is 16.2. The van der Waals surface area contributed by atoms with Gasteiger partial charge in [0, 0.05) is 44.5 Å². The summed E-state index contributed by atoms with van der Waals surface area (Å²) in [7, 11) is 5.19. The van der Waals surface area contributed by atoms with Gasteiger partial charge in [-0.25, -0.2) is 14.8 Å². The monoisotopic (exact) mass is 490 g/mol. The maximum Gasteiger partial charge on any atom is 0.328 e. The molecular formula is C25H30N8O3. The van der Waals surface area contributed by atoms with Crippen LogP contribution in [-0.2, 0) is 11.3 Å². The summed E-state index contributed by atoms with van der Waals surface area (Å²) in [6.07, 6.45) is 5.94. The van der Waals surface area contributed by atoms with E-state index >= 15 is 0 Å². The molecule has 11 nitrogen and oxygen atoms in total. The SMILES string of the molecule is CN(Cc1ccc(N(C)C(=O)Nc2cc(NC3CC3)c(C#N)cn2)nc1C=O)C(=O)C1CCCN1C. The van der Waals surface area contributed by atoms with Gasteiger partial charge in [-0.3, -0.25) is 24.7 Å². The topological polar surface area (TPSA) is 135 Å². The highest BCUT2D eigenvalue weighted by molar-refractivity contribution is 6.00. The molecule has 2 aromatic heterocycles. The lowest BCUT2D eigenvalue weighted by molar-refractivity contribution is -0.134. The Hall–Kier alpha value is -4.04. The number of likely N-dealkylation sites (tertiary alicyclic amines) is 1. The van der Waals surface area contributed by atoms with Crippen LogP contribution in [0.1, 0.15) is 47.3 Å². The number of nitrogens with one attached hydrogen (secondary N) is 2. The van der Waals surface area contributed by atoms with E-state index in [0.29, 0.717) is 35.0 Å². The van der Waals surface area contributed by atoms with Crippen LogP contribution < -0.4 is 15.5 Å². The lowest BCUT2D eigenvalue weighted by Gasteiger charge is -2.26. The van der Waals surface area contributed by atoms with Crippen molar-refractivity contribution in [2.45, 2.75) is 44.3 Å². The zero-order valence-electron chi connectivity index (χ0n) is 20.7. The van der Waals surface area contributed by atoms with Crippen molar-refractivity contribution in [3.05, 3.63) is 41.2 Å². The molecule has 3 heterocycles. The fourth-order valence-corrected chi connectivity index (χ4v) is 4.20. The molecule has 0 aromatic carbocycles. The van der Waals surface area contributed by atoms with E-state index in [-0.39, 0.29) is 30.0 Å². The van der Waals surface area contributed by atoms with E-state index in [1.807, 2.05) is 11.9 Å². The van der Waals surface area contributed by atoms with Crippen LogP contribution in [-0.4, -0.2) is 77.8 Å². The number of nitriles is 1. The third kappa shape index (κ3) is 5.60. The molecular weight excluding hydrogens is 460 g/mol. The number of rotatable bonds is 8. The smallest absolute Gasteiger partial charge is 0.328 e. The first kappa shape index (κ1) is 25.1. The number of carbonyl (C=O) groups is 3. The molecule has 2 aromatic rings. The molecule has 1 saturated heterocycles. The molecule has 1 aliphatic heterocycles. The van der Waals surface area contributed by atoms with Crippen LogP contribution >= 0.6 is 0 Å². The van der Waals surface area contributed by atoms with Gasteiger partial charge in [0.05, 0.1) is 17.3 Å². The number of hydrogen-bond acceptors (Lipinski definition) is 8.